The molecular formula is C12H22N2O. The fraction of sp³-hybridized carbons (Fsp3) is 0.917. The molecule has 3 unspecified atom stereocenters. The second kappa shape index (κ2) is 4.52. The van der Waals surface area contributed by atoms with E-state index in [0.29, 0.717) is 17.9 Å². The van der Waals surface area contributed by atoms with Crippen LogP contribution in [0.1, 0.15) is 33.1 Å². The lowest BCUT2D eigenvalue weighted by Gasteiger charge is -2.35. The van der Waals surface area contributed by atoms with E-state index in [4.69, 9.17) is 0 Å². The lowest BCUT2D eigenvalue weighted by atomic mass is 9.94. The van der Waals surface area contributed by atoms with Gasteiger partial charge in [-0.1, -0.05) is 6.92 Å². The third-order valence-electron chi connectivity index (χ3n) is 3.92. The zero-order chi connectivity index (χ0) is 10.8. The second-order valence-electron chi connectivity index (χ2n) is 5.12. The maximum Gasteiger partial charge on any atom is 0.227 e. The summed E-state index contributed by atoms with van der Waals surface area (Å²) < 4.78 is 0. The number of hydrogen-bond donors (Lipinski definition) is 1. The van der Waals surface area contributed by atoms with Crippen LogP contribution < -0.4 is 5.32 Å². The zero-order valence-corrected chi connectivity index (χ0v) is 9.83. The predicted octanol–water partition coefficient (Wildman–Crippen LogP) is 1.24. The molecule has 0 aromatic heterocycles. The minimum Gasteiger partial charge on any atom is -0.340 e. The van der Waals surface area contributed by atoms with Crippen LogP contribution in [0.2, 0.25) is 0 Å². The Labute approximate surface area is 92.2 Å². The average molecular weight is 210 g/mol. The topological polar surface area (TPSA) is 32.3 Å². The number of nitrogens with zero attached hydrogens (tertiary/aromatic N) is 1. The van der Waals surface area contributed by atoms with Crippen molar-refractivity contribution in [2.75, 3.05) is 19.6 Å². The van der Waals surface area contributed by atoms with Crippen molar-refractivity contribution in [3.05, 3.63) is 0 Å². The molecule has 86 valence electrons. The van der Waals surface area contributed by atoms with Crippen LogP contribution in [0, 0.1) is 11.8 Å². The van der Waals surface area contributed by atoms with E-state index in [1.165, 1.54) is 19.3 Å². The van der Waals surface area contributed by atoms with Crippen LogP contribution >= 0.6 is 0 Å². The van der Waals surface area contributed by atoms with Gasteiger partial charge >= 0.3 is 0 Å². The van der Waals surface area contributed by atoms with Crippen molar-refractivity contribution >= 4 is 5.91 Å². The van der Waals surface area contributed by atoms with Crippen LogP contribution in [-0.2, 0) is 4.79 Å². The van der Waals surface area contributed by atoms with Gasteiger partial charge in [0.05, 0.1) is 5.92 Å². The Bertz CT molecular complexity index is 242. The summed E-state index contributed by atoms with van der Waals surface area (Å²) in [6.45, 7) is 7.21. The number of rotatable bonds is 1. The number of piperidine rings is 1. The van der Waals surface area contributed by atoms with E-state index in [9.17, 15) is 4.79 Å². The summed E-state index contributed by atoms with van der Waals surface area (Å²) >= 11 is 0. The van der Waals surface area contributed by atoms with E-state index in [0.717, 1.165) is 19.6 Å². The van der Waals surface area contributed by atoms with E-state index in [1.54, 1.807) is 0 Å². The number of nitrogens with one attached hydrogen (secondary N) is 1. The molecular weight excluding hydrogens is 188 g/mol. The molecule has 2 rings (SSSR count). The van der Waals surface area contributed by atoms with Gasteiger partial charge in [0.15, 0.2) is 0 Å². The molecule has 2 heterocycles. The molecule has 0 bridgehead atoms. The fourth-order valence-corrected chi connectivity index (χ4v) is 2.78. The molecule has 2 aliphatic heterocycles. The Balaban J connectivity index is 1.99. The Morgan fingerprint density at radius 1 is 1.27 bits per heavy atom. The number of hydrogen-bond acceptors (Lipinski definition) is 2. The van der Waals surface area contributed by atoms with Gasteiger partial charge in [-0.25, -0.2) is 0 Å². The highest BCUT2D eigenvalue weighted by Crippen LogP contribution is 2.23. The van der Waals surface area contributed by atoms with Crippen LogP contribution in [0.3, 0.4) is 0 Å². The van der Waals surface area contributed by atoms with Gasteiger partial charge in [-0.3, -0.25) is 4.79 Å². The molecule has 2 fully saturated rings. The van der Waals surface area contributed by atoms with Gasteiger partial charge in [-0.2, -0.15) is 0 Å². The van der Waals surface area contributed by atoms with Gasteiger partial charge < -0.3 is 10.2 Å². The molecule has 0 aromatic rings. The molecule has 0 aliphatic carbocycles. The molecule has 1 N–H and O–H groups in total. The monoisotopic (exact) mass is 210 g/mol. The third kappa shape index (κ3) is 2.17. The third-order valence-corrected chi connectivity index (χ3v) is 3.92. The van der Waals surface area contributed by atoms with Gasteiger partial charge in [0, 0.05) is 19.1 Å². The van der Waals surface area contributed by atoms with Gasteiger partial charge in [0.1, 0.15) is 0 Å². The smallest absolute Gasteiger partial charge is 0.227 e. The molecule has 3 heteroatoms. The summed E-state index contributed by atoms with van der Waals surface area (Å²) in [5.41, 5.74) is 0. The van der Waals surface area contributed by atoms with Gasteiger partial charge in [0.25, 0.3) is 0 Å². The molecule has 0 saturated carbocycles. The molecule has 2 saturated heterocycles. The van der Waals surface area contributed by atoms with Gasteiger partial charge in [-0.05, 0) is 38.6 Å². The Hall–Kier alpha value is -0.570. The summed E-state index contributed by atoms with van der Waals surface area (Å²) in [6.07, 6.45) is 3.65. The van der Waals surface area contributed by atoms with E-state index < -0.39 is 0 Å². The van der Waals surface area contributed by atoms with Crippen molar-refractivity contribution in [3.8, 4) is 0 Å². The maximum atomic E-state index is 12.3. The first kappa shape index (κ1) is 10.9. The van der Waals surface area contributed by atoms with Crippen LogP contribution in [0.5, 0.6) is 0 Å². The highest BCUT2D eigenvalue weighted by Gasteiger charge is 2.34. The van der Waals surface area contributed by atoms with Crippen molar-refractivity contribution in [1.82, 2.24) is 10.2 Å². The van der Waals surface area contributed by atoms with Crippen molar-refractivity contribution in [1.29, 1.82) is 0 Å². The molecule has 3 atom stereocenters. The van der Waals surface area contributed by atoms with E-state index in [-0.39, 0.29) is 5.92 Å². The number of likely N-dealkylation sites (tertiary alicyclic amines) is 1. The van der Waals surface area contributed by atoms with Gasteiger partial charge in [0.2, 0.25) is 5.91 Å². The van der Waals surface area contributed by atoms with E-state index in [2.05, 4.69) is 24.1 Å². The Morgan fingerprint density at radius 2 is 2.07 bits per heavy atom. The van der Waals surface area contributed by atoms with E-state index >= 15 is 0 Å². The number of carbonyl (C=O) groups is 1. The SMILES string of the molecule is CC1CNCC1C(=O)N1CCCCC1C. The highest BCUT2D eigenvalue weighted by atomic mass is 16.2. The fourth-order valence-electron chi connectivity index (χ4n) is 2.78. The molecule has 0 spiro atoms. The largest absolute Gasteiger partial charge is 0.340 e. The molecule has 2 aliphatic rings. The molecule has 3 nitrogen and oxygen atoms in total. The first-order valence-corrected chi connectivity index (χ1v) is 6.21. The first-order valence-electron chi connectivity index (χ1n) is 6.21. The van der Waals surface area contributed by atoms with E-state index in [1.807, 2.05) is 0 Å². The normalized spacial score (nSPS) is 36.9. The predicted molar refractivity (Wildman–Crippen MR) is 60.5 cm³/mol. The quantitative estimate of drug-likeness (QED) is 0.706. The molecule has 0 aromatic carbocycles. The zero-order valence-electron chi connectivity index (χ0n) is 9.83. The first-order chi connectivity index (χ1) is 7.20. The van der Waals surface area contributed by atoms with Crippen LogP contribution in [0.15, 0.2) is 0 Å². The summed E-state index contributed by atoms with van der Waals surface area (Å²) in [6, 6.07) is 0.457. The molecule has 1 amide bonds. The maximum absolute atomic E-state index is 12.3. The average Bonchev–Trinajstić information content (AvgIpc) is 2.64. The second-order valence-corrected chi connectivity index (χ2v) is 5.12. The lowest BCUT2D eigenvalue weighted by molar-refractivity contribution is -0.139. The Morgan fingerprint density at radius 3 is 2.67 bits per heavy atom. The van der Waals surface area contributed by atoms with Crippen LogP contribution in [0.4, 0.5) is 0 Å². The highest BCUT2D eigenvalue weighted by molar-refractivity contribution is 5.80. The molecule has 0 radical (unpaired) electrons. The minimum atomic E-state index is 0.227. The van der Waals surface area contributed by atoms with Crippen molar-refractivity contribution in [2.45, 2.75) is 39.2 Å². The van der Waals surface area contributed by atoms with Crippen LogP contribution in [0.25, 0.3) is 0 Å². The summed E-state index contributed by atoms with van der Waals surface area (Å²) in [5, 5.41) is 3.31. The van der Waals surface area contributed by atoms with Crippen LogP contribution in [-0.4, -0.2) is 36.5 Å². The standard InChI is InChI=1S/C12H22N2O/c1-9-7-13-8-11(9)12(15)14-6-4-3-5-10(14)2/h9-11,13H,3-8H2,1-2H3. The Kier molecular flexibility index (Phi) is 3.29. The number of amides is 1. The minimum absolute atomic E-state index is 0.227. The van der Waals surface area contributed by atoms with Gasteiger partial charge in [-0.15, -0.1) is 0 Å². The lowest BCUT2D eigenvalue weighted by Crippen LogP contribution is -2.46. The van der Waals surface area contributed by atoms with Crippen molar-refractivity contribution in [2.24, 2.45) is 11.8 Å². The van der Waals surface area contributed by atoms with Crippen molar-refractivity contribution in [3.63, 3.8) is 0 Å². The summed E-state index contributed by atoms with van der Waals surface area (Å²) in [5.74, 6) is 1.12. The van der Waals surface area contributed by atoms with Crippen molar-refractivity contribution < 1.29 is 4.79 Å². The summed E-state index contributed by atoms with van der Waals surface area (Å²) in [4.78, 5) is 14.4. The number of carbonyl (C=O) groups excluding carboxylic acids is 1. The summed E-state index contributed by atoms with van der Waals surface area (Å²) in [7, 11) is 0. The molecule has 15 heavy (non-hydrogen) atoms.